The molecule has 0 fully saturated rings. The van der Waals surface area contributed by atoms with Crippen molar-refractivity contribution in [2.24, 2.45) is 5.41 Å². The van der Waals surface area contributed by atoms with Crippen LogP contribution in [0.4, 0.5) is 0 Å². The van der Waals surface area contributed by atoms with Gasteiger partial charge in [0.15, 0.2) is 0 Å². The predicted molar refractivity (Wildman–Crippen MR) is 56.2 cm³/mol. The first-order chi connectivity index (χ1) is 6.38. The number of hydrogen-bond acceptors (Lipinski definition) is 3. The van der Waals surface area contributed by atoms with Crippen LogP contribution in [0.25, 0.3) is 0 Å². The van der Waals surface area contributed by atoms with E-state index in [0.29, 0.717) is 26.1 Å². The average molecular weight is 202 g/mol. The fraction of sp³-hybridized carbons (Fsp3) is 0.909. The highest BCUT2D eigenvalue weighted by Gasteiger charge is 2.21. The van der Waals surface area contributed by atoms with Crippen molar-refractivity contribution in [2.45, 2.75) is 46.6 Å². The fourth-order valence-electron chi connectivity index (χ4n) is 1.01. The number of rotatable bonds is 6. The van der Waals surface area contributed by atoms with Gasteiger partial charge in [0.05, 0.1) is 12.7 Å². The molecule has 1 atom stereocenters. The number of aliphatic hydroxyl groups excluding tert-OH is 1. The van der Waals surface area contributed by atoms with Crippen molar-refractivity contribution in [3.8, 4) is 0 Å². The largest absolute Gasteiger partial charge is 0.391 e. The van der Waals surface area contributed by atoms with Crippen LogP contribution < -0.4 is 0 Å². The standard InChI is InChI=1S/C11H22O3/c1-5-14-8-9(12)6-7-10(13)11(2,3)4/h9,12H,5-8H2,1-4H3. The van der Waals surface area contributed by atoms with E-state index < -0.39 is 6.10 Å². The van der Waals surface area contributed by atoms with E-state index in [1.165, 1.54) is 0 Å². The molecule has 0 aliphatic rings. The van der Waals surface area contributed by atoms with E-state index in [1.54, 1.807) is 0 Å². The Kier molecular flexibility index (Phi) is 5.96. The minimum Gasteiger partial charge on any atom is -0.391 e. The first-order valence-electron chi connectivity index (χ1n) is 5.17. The van der Waals surface area contributed by atoms with Crippen LogP contribution in [0.5, 0.6) is 0 Å². The van der Waals surface area contributed by atoms with E-state index in [2.05, 4.69) is 0 Å². The van der Waals surface area contributed by atoms with Crippen molar-refractivity contribution in [3.05, 3.63) is 0 Å². The molecule has 0 aliphatic heterocycles. The summed E-state index contributed by atoms with van der Waals surface area (Å²) in [4.78, 5) is 11.5. The van der Waals surface area contributed by atoms with E-state index in [1.807, 2.05) is 27.7 Å². The molecule has 1 unspecified atom stereocenters. The zero-order chi connectivity index (χ0) is 11.2. The maximum atomic E-state index is 11.5. The summed E-state index contributed by atoms with van der Waals surface area (Å²) in [6.45, 7) is 8.49. The summed E-state index contributed by atoms with van der Waals surface area (Å²) in [5.74, 6) is 0.188. The number of Topliss-reactive ketones (excluding diaryl/α,β-unsaturated/α-hetero) is 1. The fourth-order valence-corrected chi connectivity index (χ4v) is 1.01. The predicted octanol–water partition coefficient (Wildman–Crippen LogP) is 1.78. The zero-order valence-electron chi connectivity index (χ0n) is 9.67. The van der Waals surface area contributed by atoms with Crippen LogP contribution in [-0.2, 0) is 9.53 Å². The van der Waals surface area contributed by atoms with Crippen molar-refractivity contribution in [1.82, 2.24) is 0 Å². The third-order valence-electron chi connectivity index (χ3n) is 2.06. The lowest BCUT2D eigenvalue weighted by Gasteiger charge is -2.17. The molecule has 0 radical (unpaired) electrons. The van der Waals surface area contributed by atoms with Crippen LogP contribution >= 0.6 is 0 Å². The van der Waals surface area contributed by atoms with Gasteiger partial charge >= 0.3 is 0 Å². The molecule has 3 heteroatoms. The maximum Gasteiger partial charge on any atom is 0.138 e. The molecule has 14 heavy (non-hydrogen) atoms. The molecule has 0 amide bonds. The minimum absolute atomic E-state index is 0.188. The summed E-state index contributed by atoms with van der Waals surface area (Å²) >= 11 is 0. The quantitative estimate of drug-likeness (QED) is 0.714. The zero-order valence-corrected chi connectivity index (χ0v) is 9.67. The van der Waals surface area contributed by atoms with Crippen LogP contribution in [0.3, 0.4) is 0 Å². The second-order valence-corrected chi connectivity index (χ2v) is 4.53. The van der Waals surface area contributed by atoms with Gasteiger partial charge in [0, 0.05) is 18.4 Å². The molecule has 0 aromatic rings. The second kappa shape index (κ2) is 6.14. The van der Waals surface area contributed by atoms with Gasteiger partial charge in [-0.1, -0.05) is 20.8 Å². The van der Waals surface area contributed by atoms with E-state index in [9.17, 15) is 9.90 Å². The van der Waals surface area contributed by atoms with Gasteiger partial charge in [-0.2, -0.15) is 0 Å². The molecule has 1 N–H and O–H groups in total. The van der Waals surface area contributed by atoms with Gasteiger partial charge in [-0.05, 0) is 13.3 Å². The van der Waals surface area contributed by atoms with Crippen molar-refractivity contribution in [1.29, 1.82) is 0 Å². The molecule has 0 aliphatic carbocycles. The Labute approximate surface area is 86.5 Å². The van der Waals surface area contributed by atoms with Gasteiger partial charge in [-0.15, -0.1) is 0 Å². The number of ether oxygens (including phenoxy) is 1. The monoisotopic (exact) mass is 202 g/mol. The van der Waals surface area contributed by atoms with E-state index >= 15 is 0 Å². The van der Waals surface area contributed by atoms with Crippen LogP contribution in [-0.4, -0.2) is 30.2 Å². The molecule has 0 rings (SSSR count). The SMILES string of the molecule is CCOCC(O)CCC(=O)C(C)(C)C. The summed E-state index contributed by atoms with van der Waals surface area (Å²) in [5, 5.41) is 9.42. The third-order valence-corrected chi connectivity index (χ3v) is 2.06. The number of ketones is 1. The molecule has 0 spiro atoms. The van der Waals surface area contributed by atoms with Crippen LogP contribution in [0.2, 0.25) is 0 Å². The molecule has 0 saturated heterocycles. The highest BCUT2D eigenvalue weighted by Crippen LogP contribution is 2.18. The van der Waals surface area contributed by atoms with Crippen molar-refractivity contribution in [2.75, 3.05) is 13.2 Å². The Morgan fingerprint density at radius 1 is 1.43 bits per heavy atom. The third kappa shape index (κ3) is 6.11. The Morgan fingerprint density at radius 2 is 2.00 bits per heavy atom. The molecule has 0 aromatic carbocycles. The summed E-state index contributed by atoms with van der Waals surface area (Å²) < 4.78 is 5.05. The van der Waals surface area contributed by atoms with E-state index in [4.69, 9.17) is 4.74 Å². The first kappa shape index (κ1) is 13.6. The van der Waals surface area contributed by atoms with E-state index in [0.717, 1.165) is 0 Å². The number of carbonyl (C=O) groups is 1. The highest BCUT2D eigenvalue weighted by molar-refractivity contribution is 5.83. The highest BCUT2D eigenvalue weighted by atomic mass is 16.5. The molecule has 0 bridgehead atoms. The van der Waals surface area contributed by atoms with Crippen LogP contribution in [0.15, 0.2) is 0 Å². The molecule has 0 heterocycles. The first-order valence-corrected chi connectivity index (χ1v) is 5.17. The van der Waals surface area contributed by atoms with E-state index in [-0.39, 0.29) is 11.2 Å². The van der Waals surface area contributed by atoms with Gasteiger partial charge < -0.3 is 9.84 Å². The van der Waals surface area contributed by atoms with Gasteiger partial charge in [-0.25, -0.2) is 0 Å². The van der Waals surface area contributed by atoms with Crippen molar-refractivity contribution in [3.63, 3.8) is 0 Å². The topological polar surface area (TPSA) is 46.5 Å². The number of hydrogen-bond donors (Lipinski definition) is 1. The Hall–Kier alpha value is -0.410. The lowest BCUT2D eigenvalue weighted by molar-refractivity contribution is -0.127. The van der Waals surface area contributed by atoms with Crippen molar-refractivity contribution >= 4 is 5.78 Å². The van der Waals surface area contributed by atoms with Crippen LogP contribution in [0, 0.1) is 5.41 Å². The molecule has 0 aromatic heterocycles. The Bertz CT molecular complexity index is 170. The maximum absolute atomic E-state index is 11.5. The molecular formula is C11H22O3. The van der Waals surface area contributed by atoms with Gasteiger partial charge in [0.1, 0.15) is 5.78 Å². The van der Waals surface area contributed by atoms with Gasteiger partial charge in [-0.3, -0.25) is 4.79 Å². The summed E-state index contributed by atoms with van der Waals surface area (Å²) in [5.41, 5.74) is -0.300. The number of aliphatic hydroxyl groups is 1. The van der Waals surface area contributed by atoms with Gasteiger partial charge in [0.2, 0.25) is 0 Å². The molecule has 0 saturated carbocycles. The number of carbonyl (C=O) groups excluding carboxylic acids is 1. The smallest absolute Gasteiger partial charge is 0.138 e. The summed E-state index contributed by atoms with van der Waals surface area (Å²) in [6, 6.07) is 0. The molecule has 84 valence electrons. The van der Waals surface area contributed by atoms with Gasteiger partial charge in [0.25, 0.3) is 0 Å². The lowest BCUT2D eigenvalue weighted by atomic mass is 9.88. The Morgan fingerprint density at radius 3 is 2.43 bits per heavy atom. The summed E-state index contributed by atoms with van der Waals surface area (Å²) in [6.07, 6.45) is 0.412. The van der Waals surface area contributed by atoms with Crippen molar-refractivity contribution < 1.29 is 14.6 Å². The Balaban J connectivity index is 3.67. The molecular weight excluding hydrogens is 180 g/mol. The normalized spacial score (nSPS) is 14.1. The second-order valence-electron chi connectivity index (χ2n) is 4.53. The molecule has 3 nitrogen and oxygen atoms in total. The lowest BCUT2D eigenvalue weighted by Crippen LogP contribution is -2.23. The average Bonchev–Trinajstić information content (AvgIpc) is 2.09. The minimum atomic E-state index is -0.513. The van der Waals surface area contributed by atoms with Crippen LogP contribution in [0.1, 0.15) is 40.5 Å². The summed E-state index contributed by atoms with van der Waals surface area (Å²) in [7, 11) is 0.